The number of carbonyl (C=O) groups is 1. The van der Waals surface area contributed by atoms with E-state index in [2.05, 4.69) is 10.2 Å². The van der Waals surface area contributed by atoms with Crippen LogP contribution in [0, 0.1) is 0 Å². The quantitative estimate of drug-likeness (QED) is 0.617. The summed E-state index contributed by atoms with van der Waals surface area (Å²) < 4.78 is 10.6. The van der Waals surface area contributed by atoms with Crippen LogP contribution in [0.1, 0.15) is 10.4 Å². The lowest BCUT2D eigenvalue weighted by Crippen LogP contribution is -2.05. The van der Waals surface area contributed by atoms with Gasteiger partial charge in [0, 0.05) is 5.39 Å². The first-order valence-electron chi connectivity index (χ1n) is 5.04. The fourth-order valence-electron chi connectivity index (χ4n) is 1.61. The van der Waals surface area contributed by atoms with Crippen molar-refractivity contribution in [3.05, 3.63) is 23.9 Å². The summed E-state index contributed by atoms with van der Waals surface area (Å²) in [6.07, 6.45) is 2.60. The molecule has 0 aliphatic carbocycles. The highest BCUT2D eigenvalue weighted by molar-refractivity contribution is 5.99. The molecule has 82 valence electrons. The van der Waals surface area contributed by atoms with Crippen LogP contribution in [0.15, 0.2) is 18.3 Å². The lowest BCUT2D eigenvalue weighted by Gasteiger charge is -2.07. The summed E-state index contributed by atoms with van der Waals surface area (Å²) in [5.74, 6) is 0.583. The molecule has 1 atom stereocenters. The van der Waals surface area contributed by atoms with Crippen molar-refractivity contribution in [2.45, 2.75) is 6.10 Å². The van der Waals surface area contributed by atoms with E-state index in [1.807, 2.05) is 6.07 Å². The van der Waals surface area contributed by atoms with Gasteiger partial charge in [0.05, 0.1) is 23.9 Å². The topological polar surface area (TPSA) is 67.5 Å². The molecule has 0 bridgehead atoms. The summed E-state index contributed by atoms with van der Waals surface area (Å²) in [5, 5.41) is 7.49. The van der Waals surface area contributed by atoms with Gasteiger partial charge in [0.15, 0.2) is 6.29 Å². The van der Waals surface area contributed by atoms with E-state index in [0.717, 1.165) is 23.8 Å². The van der Waals surface area contributed by atoms with Crippen LogP contribution in [0.3, 0.4) is 0 Å². The minimum absolute atomic E-state index is 0.180. The number of H-pyrrole nitrogens is 1. The van der Waals surface area contributed by atoms with E-state index in [9.17, 15) is 4.79 Å². The molecular formula is C11H10N2O3. The summed E-state index contributed by atoms with van der Waals surface area (Å²) in [6.45, 7) is 1.23. The number of benzene rings is 1. The number of hydrogen-bond donors (Lipinski definition) is 1. The standard InChI is InChI=1S/C11H10N2O3/c14-4-9-8-3-12-13-10(8)1-2-11(9)16-6-7-5-15-7/h1-4,7H,5-6H2,(H,12,13)/t7-/m1/s1. The van der Waals surface area contributed by atoms with Crippen LogP contribution in [0.25, 0.3) is 10.9 Å². The average molecular weight is 218 g/mol. The van der Waals surface area contributed by atoms with Crippen LogP contribution in [-0.2, 0) is 4.74 Å². The number of hydrogen-bond acceptors (Lipinski definition) is 4. The Morgan fingerprint density at radius 1 is 1.62 bits per heavy atom. The zero-order valence-electron chi connectivity index (χ0n) is 8.47. The molecule has 1 N–H and O–H groups in total. The number of fused-ring (bicyclic) bond motifs is 1. The number of nitrogens with zero attached hydrogens (tertiary/aromatic N) is 1. The third kappa shape index (κ3) is 1.55. The van der Waals surface area contributed by atoms with Gasteiger partial charge in [-0.1, -0.05) is 0 Å². The van der Waals surface area contributed by atoms with Gasteiger partial charge in [-0.15, -0.1) is 0 Å². The second-order valence-corrected chi connectivity index (χ2v) is 3.69. The van der Waals surface area contributed by atoms with Gasteiger partial charge >= 0.3 is 0 Å². The Labute approximate surface area is 91.4 Å². The van der Waals surface area contributed by atoms with Crippen molar-refractivity contribution in [3.8, 4) is 5.75 Å². The van der Waals surface area contributed by atoms with Crippen LogP contribution in [-0.4, -0.2) is 35.8 Å². The van der Waals surface area contributed by atoms with Crippen molar-refractivity contribution >= 4 is 17.2 Å². The molecule has 2 aromatic rings. The molecule has 1 saturated heterocycles. The van der Waals surface area contributed by atoms with E-state index in [0.29, 0.717) is 17.9 Å². The monoisotopic (exact) mass is 218 g/mol. The Bertz CT molecular complexity index is 531. The zero-order valence-corrected chi connectivity index (χ0v) is 8.47. The van der Waals surface area contributed by atoms with Crippen molar-refractivity contribution in [1.29, 1.82) is 0 Å². The van der Waals surface area contributed by atoms with Crippen LogP contribution in [0.5, 0.6) is 5.75 Å². The number of carbonyl (C=O) groups excluding carboxylic acids is 1. The molecule has 1 aliphatic heterocycles. The van der Waals surface area contributed by atoms with Gasteiger partial charge in [0.1, 0.15) is 18.5 Å². The van der Waals surface area contributed by atoms with Crippen molar-refractivity contribution in [2.75, 3.05) is 13.2 Å². The van der Waals surface area contributed by atoms with Gasteiger partial charge in [0.2, 0.25) is 0 Å². The summed E-state index contributed by atoms with van der Waals surface area (Å²) in [6, 6.07) is 3.62. The number of ether oxygens (including phenoxy) is 2. The van der Waals surface area contributed by atoms with Gasteiger partial charge < -0.3 is 9.47 Å². The maximum absolute atomic E-state index is 11.0. The fourth-order valence-corrected chi connectivity index (χ4v) is 1.61. The number of aromatic nitrogens is 2. The van der Waals surface area contributed by atoms with Crippen LogP contribution < -0.4 is 4.74 Å². The third-order valence-electron chi connectivity index (χ3n) is 2.57. The molecule has 0 spiro atoms. The fraction of sp³-hybridized carbons (Fsp3) is 0.273. The van der Waals surface area contributed by atoms with Gasteiger partial charge in [-0.2, -0.15) is 5.10 Å². The Morgan fingerprint density at radius 2 is 2.50 bits per heavy atom. The Morgan fingerprint density at radius 3 is 3.25 bits per heavy atom. The normalized spacial score (nSPS) is 18.6. The van der Waals surface area contributed by atoms with Crippen LogP contribution in [0.4, 0.5) is 0 Å². The molecule has 3 rings (SSSR count). The first kappa shape index (κ1) is 9.35. The largest absolute Gasteiger partial charge is 0.490 e. The second kappa shape index (κ2) is 3.61. The smallest absolute Gasteiger partial charge is 0.154 e. The molecule has 1 aliphatic rings. The van der Waals surface area contributed by atoms with Gasteiger partial charge in [0.25, 0.3) is 0 Å². The summed E-state index contributed by atoms with van der Waals surface area (Å²) in [5.41, 5.74) is 1.36. The van der Waals surface area contributed by atoms with Crippen LogP contribution >= 0.6 is 0 Å². The van der Waals surface area contributed by atoms with Crippen LogP contribution in [0.2, 0.25) is 0 Å². The SMILES string of the molecule is O=Cc1c(OC[C@H]2CO2)ccc2[nH]ncc12. The third-order valence-corrected chi connectivity index (χ3v) is 2.57. The first-order valence-corrected chi connectivity index (χ1v) is 5.04. The Hall–Kier alpha value is -1.88. The van der Waals surface area contributed by atoms with Crippen molar-refractivity contribution < 1.29 is 14.3 Å². The summed E-state index contributed by atoms with van der Waals surface area (Å²) >= 11 is 0. The molecule has 0 saturated carbocycles. The number of aromatic amines is 1. The minimum Gasteiger partial charge on any atom is -0.490 e. The van der Waals surface area contributed by atoms with Gasteiger partial charge in [-0.05, 0) is 12.1 Å². The van der Waals surface area contributed by atoms with E-state index in [-0.39, 0.29) is 6.10 Å². The number of rotatable bonds is 4. The molecule has 1 fully saturated rings. The van der Waals surface area contributed by atoms with Gasteiger partial charge in [-0.25, -0.2) is 0 Å². The lowest BCUT2D eigenvalue weighted by atomic mass is 10.1. The molecule has 5 heteroatoms. The van der Waals surface area contributed by atoms with E-state index in [4.69, 9.17) is 9.47 Å². The van der Waals surface area contributed by atoms with Crippen molar-refractivity contribution in [3.63, 3.8) is 0 Å². The summed E-state index contributed by atoms with van der Waals surface area (Å²) in [7, 11) is 0. The molecular weight excluding hydrogens is 208 g/mol. The molecule has 16 heavy (non-hydrogen) atoms. The van der Waals surface area contributed by atoms with E-state index in [1.165, 1.54) is 0 Å². The maximum atomic E-state index is 11.0. The highest BCUT2D eigenvalue weighted by Crippen LogP contribution is 2.26. The average Bonchev–Trinajstić information content (AvgIpc) is 3.01. The molecule has 1 aromatic heterocycles. The van der Waals surface area contributed by atoms with Gasteiger partial charge in [-0.3, -0.25) is 9.89 Å². The minimum atomic E-state index is 0.180. The van der Waals surface area contributed by atoms with E-state index < -0.39 is 0 Å². The molecule has 0 radical (unpaired) electrons. The lowest BCUT2D eigenvalue weighted by molar-refractivity contribution is 0.112. The first-order chi connectivity index (χ1) is 7.88. The highest BCUT2D eigenvalue weighted by Gasteiger charge is 2.23. The molecule has 2 heterocycles. The molecule has 0 amide bonds. The predicted octanol–water partition coefficient (Wildman–Crippen LogP) is 1.15. The molecule has 1 aromatic carbocycles. The number of nitrogens with one attached hydrogen (secondary N) is 1. The molecule has 0 unspecified atom stereocenters. The predicted molar refractivity (Wildman–Crippen MR) is 56.7 cm³/mol. The maximum Gasteiger partial charge on any atom is 0.154 e. The van der Waals surface area contributed by atoms with E-state index >= 15 is 0 Å². The highest BCUT2D eigenvalue weighted by atomic mass is 16.6. The van der Waals surface area contributed by atoms with E-state index in [1.54, 1.807) is 12.3 Å². The zero-order chi connectivity index (χ0) is 11.0. The van der Waals surface area contributed by atoms with Crippen molar-refractivity contribution in [2.24, 2.45) is 0 Å². The molecule has 5 nitrogen and oxygen atoms in total. The Kier molecular flexibility index (Phi) is 2.11. The second-order valence-electron chi connectivity index (χ2n) is 3.69. The van der Waals surface area contributed by atoms with Crippen molar-refractivity contribution in [1.82, 2.24) is 10.2 Å². The summed E-state index contributed by atoms with van der Waals surface area (Å²) in [4.78, 5) is 11.0. The number of aldehydes is 1. The Balaban J connectivity index is 1.97. The number of epoxide rings is 1.